The minimum Gasteiger partial charge on any atom is -0.469 e. The average molecular weight is 231 g/mol. The molecule has 0 aliphatic rings. The van der Waals surface area contributed by atoms with Gasteiger partial charge in [-0.1, -0.05) is 20.3 Å². The van der Waals surface area contributed by atoms with Gasteiger partial charge in [0.2, 0.25) is 0 Å². The quantitative estimate of drug-likeness (QED) is 0.483. The topological polar surface area (TPSA) is 47.6 Å². The van der Waals surface area contributed by atoms with Gasteiger partial charge in [0.1, 0.15) is 0 Å². The molecular formula is C12H25NO3. The Bertz CT molecular complexity index is 185. The molecule has 2 unspecified atom stereocenters. The molecule has 0 aromatic rings. The van der Waals surface area contributed by atoms with Gasteiger partial charge in [-0.2, -0.15) is 0 Å². The van der Waals surface area contributed by atoms with Crippen LogP contribution < -0.4 is 5.32 Å². The van der Waals surface area contributed by atoms with Gasteiger partial charge in [-0.15, -0.1) is 0 Å². The highest BCUT2D eigenvalue weighted by molar-refractivity contribution is 5.72. The number of esters is 1. The molecular weight excluding hydrogens is 206 g/mol. The van der Waals surface area contributed by atoms with Crippen molar-refractivity contribution in [1.82, 2.24) is 5.32 Å². The van der Waals surface area contributed by atoms with Gasteiger partial charge in [-0.25, -0.2) is 0 Å². The van der Waals surface area contributed by atoms with Crippen LogP contribution in [0.4, 0.5) is 0 Å². The maximum Gasteiger partial charge on any atom is 0.309 e. The van der Waals surface area contributed by atoms with Crippen molar-refractivity contribution in [3.8, 4) is 0 Å². The van der Waals surface area contributed by atoms with Crippen LogP contribution in [-0.2, 0) is 14.3 Å². The Balaban J connectivity index is 3.49. The van der Waals surface area contributed by atoms with Crippen molar-refractivity contribution in [2.24, 2.45) is 5.92 Å². The summed E-state index contributed by atoms with van der Waals surface area (Å²) >= 11 is 0. The molecule has 0 rings (SSSR count). The van der Waals surface area contributed by atoms with E-state index >= 15 is 0 Å². The molecule has 0 bridgehead atoms. The van der Waals surface area contributed by atoms with Crippen LogP contribution in [0.3, 0.4) is 0 Å². The third kappa shape index (κ3) is 6.80. The Labute approximate surface area is 98.7 Å². The van der Waals surface area contributed by atoms with Crippen LogP contribution in [0.15, 0.2) is 0 Å². The molecule has 0 aromatic heterocycles. The summed E-state index contributed by atoms with van der Waals surface area (Å²) in [4.78, 5) is 11.2. The van der Waals surface area contributed by atoms with Crippen molar-refractivity contribution < 1.29 is 14.3 Å². The van der Waals surface area contributed by atoms with E-state index in [1.54, 1.807) is 0 Å². The van der Waals surface area contributed by atoms with Crippen LogP contribution in [0, 0.1) is 5.92 Å². The van der Waals surface area contributed by atoms with Gasteiger partial charge < -0.3 is 14.8 Å². The fourth-order valence-electron chi connectivity index (χ4n) is 1.27. The zero-order valence-electron chi connectivity index (χ0n) is 10.9. The highest BCUT2D eigenvalue weighted by Crippen LogP contribution is 2.03. The molecule has 2 atom stereocenters. The molecule has 0 fully saturated rings. The number of methoxy groups -OCH3 is 1. The van der Waals surface area contributed by atoms with E-state index < -0.39 is 0 Å². The molecule has 1 N–H and O–H groups in total. The fraction of sp³-hybridized carbons (Fsp3) is 0.917. The van der Waals surface area contributed by atoms with E-state index in [0.717, 1.165) is 26.0 Å². The van der Waals surface area contributed by atoms with E-state index in [2.05, 4.69) is 17.0 Å². The van der Waals surface area contributed by atoms with E-state index in [0.29, 0.717) is 6.61 Å². The van der Waals surface area contributed by atoms with E-state index in [1.807, 2.05) is 13.8 Å². The first-order valence-corrected chi connectivity index (χ1v) is 6.02. The molecule has 4 nitrogen and oxygen atoms in total. The molecule has 0 amide bonds. The maximum absolute atomic E-state index is 11.2. The lowest BCUT2D eigenvalue weighted by Crippen LogP contribution is -2.38. The standard InChI is InChI=1S/C12H25NO3/c1-5-6-8-16-9-7-13-11(3)10(2)12(14)15-4/h10-11,13H,5-9H2,1-4H3. The monoisotopic (exact) mass is 231 g/mol. The minimum atomic E-state index is -0.174. The molecule has 16 heavy (non-hydrogen) atoms. The van der Waals surface area contributed by atoms with E-state index in [-0.39, 0.29) is 17.9 Å². The number of unbranched alkanes of at least 4 members (excludes halogenated alkanes) is 1. The Morgan fingerprint density at radius 2 is 2.00 bits per heavy atom. The van der Waals surface area contributed by atoms with Gasteiger partial charge in [-0.3, -0.25) is 4.79 Å². The highest BCUT2D eigenvalue weighted by atomic mass is 16.5. The molecule has 0 radical (unpaired) electrons. The summed E-state index contributed by atoms with van der Waals surface area (Å²) < 4.78 is 10.1. The highest BCUT2D eigenvalue weighted by Gasteiger charge is 2.19. The zero-order chi connectivity index (χ0) is 12.4. The number of carbonyl (C=O) groups is 1. The third-order valence-corrected chi connectivity index (χ3v) is 2.68. The van der Waals surface area contributed by atoms with Crippen molar-refractivity contribution in [3.63, 3.8) is 0 Å². The Morgan fingerprint density at radius 1 is 1.31 bits per heavy atom. The summed E-state index contributed by atoms with van der Waals surface area (Å²) in [6.45, 7) is 8.26. The smallest absolute Gasteiger partial charge is 0.309 e. The van der Waals surface area contributed by atoms with Gasteiger partial charge in [0.05, 0.1) is 19.6 Å². The Hall–Kier alpha value is -0.610. The first-order chi connectivity index (χ1) is 7.63. The Morgan fingerprint density at radius 3 is 2.56 bits per heavy atom. The number of ether oxygens (including phenoxy) is 2. The summed E-state index contributed by atoms with van der Waals surface area (Å²) in [6, 6.07) is 0.113. The van der Waals surface area contributed by atoms with Crippen LogP contribution >= 0.6 is 0 Å². The second kappa shape index (κ2) is 9.60. The van der Waals surface area contributed by atoms with Crippen molar-refractivity contribution in [2.45, 2.75) is 39.7 Å². The first kappa shape index (κ1) is 15.4. The first-order valence-electron chi connectivity index (χ1n) is 6.02. The van der Waals surface area contributed by atoms with Crippen LogP contribution in [0.2, 0.25) is 0 Å². The molecule has 0 aliphatic heterocycles. The van der Waals surface area contributed by atoms with Crippen LogP contribution in [-0.4, -0.2) is 38.9 Å². The summed E-state index contributed by atoms with van der Waals surface area (Å²) in [7, 11) is 1.42. The van der Waals surface area contributed by atoms with Gasteiger partial charge in [-0.05, 0) is 13.3 Å². The van der Waals surface area contributed by atoms with Gasteiger partial charge in [0.25, 0.3) is 0 Å². The Kier molecular flexibility index (Phi) is 9.24. The SMILES string of the molecule is CCCCOCCNC(C)C(C)C(=O)OC. The van der Waals surface area contributed by atoms with Gasteiger partial charge >= 0.3 is 5.97 Å². The molecule has 0 aliphatic carbocycles. The second-order valence-electron chi connectivity index (χ2n) is 4.02. The summed E-state index contributed by atoms with van der Waals surface area (Å²) in [6.07, 6.45) is 2.26. The van der Waals surface area contributed by atoms with Crippen LogP contribution in [0.1, 0.15) is 33.6 Å². The van der Waals surface area contributed by atoms with E-state index in [4.69, 9.17) is 4.74 Å². The summed E-state index contributed by atoms with van der Waals surface area (Å²) in [5, 5.41) is 3.25. The predicted molar refractivity (Wildman–Crippen MR) is 64.4 cm³/mol. The average Bonchev–Trinajstić information content (AvgIpc) is 2.31. The number of carbonyl (C=O) groups excluding carboxylic acids is 1. The second-order valence-corrected chi connectivity index (χ2v) is 4.02. The largest absolute Gasteiger partial charge is 0.469 e. The fourth-order valence-corrected chi connectivity index (χ4v) is 1.27. The van der Waals surface area contributed by atoms with Crippen molar-refractivity contribution in [3.05, 3.63) is 0 Å². The van der Waals surface area contributed by atoms with E-state index in [1.165, 1.54) is 7.11 Å². The van der Waals surface area contributed by atoms with Crippen LogP contribution in [0.5, 0.6) is 0 Å². The lowest BCUT2D eigenvalue weighted by molar-refractivity contribution is -0.145. The number of hydrogen-bond donors (Lipinski definition) is 1. The minimum absolute atomic E-state index is 0.113. The van der Waals surface area contributed by atoms with Crippen LogP contribution in [0.25, 0.3) is 0 Å². The van der Waals surface area contributed by atoms with Crippen molar-refractivity contribution >= 4 is 5.97 Å². The molecule has 0 heterocycles. The number of nitrogens with one attached hydrogen (secondary N) is 1. The molecule has 0 spiro atoms. The number of hydrogen-bond acceptors (Lipinski definition) is 4. The molecule has 0 saturated heterocycles. The third-order valence-electron chi connectivity index (χ3n) is 2.68. The normalized spacial score (nSPS) is 14.5. The number of rotatable bonds is 9. The van der Waals surface area contributed by atoms with Gasteiger partial charge in [0, 0.05) is 19.2 Å². The van der Waals surface area contributed by atoms with E-state index in [9.17, 15) is 4.79 Å². The molecule has 96 valence electrons. The lowest BCUT2D eigenvalue weighted by Gasteiger charge is -2.19. The molecule has 0 saturated carbocycles. The molecule has 4 heteroatoms. The zero-order valence-corrected chi connectivity index (χ0v) is 10.9. The summed E-state index contributed by atoms with van der Waals surface area (Å²) in [5.41, 5.74) is 0. The lowest BCUT2D eigenvalue weighted by atomic mass is 10.0. The predicted octanol–water partition coefficient (Wildman–Crippen LogP) is 1.59. The van der Waals surface area contributed by atoms with Crippen molar-refractivity contribution in [1.29, 1.82) is 0 Å². The van der Waals surface area contributed by atoms with Crippen molar-refractivity contribution in [2.75, 3.05) is 26.9 Å². The summed E-state index contributed by atoms with van der Waals surface area (Å²) in [5.74, 6) is -0.299. The maximum atomic E-state index is 11.2. The van der Waals surface area contributed by atoms with Gasteiger partial charge in [0.15, 0.2) is 0 Å². The molecule has 0 aromatic carbocycles.